The molecule has 0 aliphatic carbocycles. The number of aldehydes is 3. The molecule has 0 atom stereocenters. The second-order valence-corrected chi connectivity index (χ2v) is 13.7. The normalized spacial score (nSPS) is 9.52. The third kappa shape index (κ3) is 39.9. The van der Waals surface area contributed by atoms with Gasteiger partial charge in [0.25, 0.3) is 0 Å². The van der Waals surface area contributed by atoms with E-state index in [1.54, 1.807) is 57.0 Å². The Morgan fingerprint density at radius 1 is 0.433 bits per heavy atom. The van der Waals surface area contributed by atoms with Crippen LogP contribution < -0.4 is 0 Å². The van der Waals surface area contributed by atoms with Crippen LogP contribution in [0.15, 0.2) is 0 Å². The van der Waals surface area contributed by atoms with Crippen molar-refractivity contribution in [2.45, 2.75) is 40.7 Å². The lowest BCUT2D eigenvalue weighted by molar-refractivity contribution is -0.139. The Balaban J connectivity index is -0.000000159. The number of nitrogens with zero attached hydrogens (tertiary/aromatic N) is 10. The molecule has 0 saturated heterocycles. The molecule has 0 aromatic carbocycles. The van der Waals surface area contributed by atoms with Gasteiger partial charge in [0.2, 0.25) is 41.9 Å². The van der Waals surface area contributed by atoms with Gasteiger partial charge < -0.3 is 63.6 Å². The van der Waals surface area contributed by atoms with Gasteiger partial charge in [0.1, 0.15) is 18.9 Å². The Hall–Kier alpha value is -4.86. The molecule has 21 nitrogen and oxygen atoms in total. The smallest absolute Gasteiger partial charge is 0.242 e. The summed E-state index contributed by atoms with van der Waals surface area (Å²) in [5, 5.41) is 7.00. The van der Waals surface area contributed by atoms with E-state index in [1.807, 2.05) is 60.7 Å². The van der Waals surface area contributed by atoms with Crippen LogP contribution in [0.3, 0.4) is 0 Å². The van der Waals surface area contributed by atoms with Crippen LogP contribution in [0.25, 0.3) is 0 Å². The van der Waals surface area contributed by atoms with Crippen LogP contribution in [0.4, 0.5) is 0 Å². The van der Waals surface area contributed by atoms with Crippen LogP contribution in [-0.4, -0.2) is 278 Å². The van der Waals surface area contributed by atoms with Crippen LogP contribution in [-0.2, 0) is 47.9 Å². The van der Waals surface area contributed by atoms with E-state index in [0.29, 0.717) is 50.9 Å². The van der Waals surface area contributed by atoms with Gasteiger partial charge in [-0.1, -0.05) is 13.8 Å². The fourth-order valence-corrected chi connectivity index (χ4v) is 3.31. The first-order valence-corrected chi connectivity index (χ1v) is 19.2. The second-order valence-electron chi connectivity index (χ2n) is 13.7. The van der Waals surface area contributed by atoms with Gasteiger partial charge in [-0.3, -0.25) is 38.5 Å². The SMILES string of the molecule is CC.CCN(C)C(=O)CN(C)C(=O)CN(C)C(C)C.CN(C)CC(=O)N(C)CC(=O)N(C)CC=O.CN(C)CC(=O)N(C)CC=O.CN(C=O)CC(=O)N(C)CC=O.CO. The summed E-state index contributed by atoms with van der Waals surface area (Å²) in [7, 11) is 21.2. The average Bonchev–Trinajstić information content (AvgIpc) is 3.19. The molecular formula is C39H80N10O11. The topological polar surface area (TPSA) is 223 Å². The molecule has 0 aliphatic rings. The maximum Gasteiger partial charge on any atom is 0.242 e. The largest absolute Gasteiger partial charge is 0.400 e. The zero-order chi connectivity index (χ0) is 48.7. The lowest BCUT2D eigenvalue weighted by Gasteiger charge is -2.25. The summed E-state index contributed by atoms with van der Waals surface area (Å²) in [6.07, 6.45) is 2.57. The zero-order valence-corrected chi connectivity index (χ0v) is 40.0. The number of aliphatic hydroxyl groups is 1. The molecule has 0 aliphatic heterocycles. The van der Waals surface area contributed by atoms with Crippen molar-refractivity contribution in [3.63, 3.8) is 0 Å². The van der Waals surface area contributed by atoms with Crippen molar-refractivity contribution in [1.82, 2.24) is 49.0 Å². The molecule has 352 valence electrons. The summed E-state index contributed by atoms with van der Waals surface area (Å²) >= 11 is 0. The van der Waals surface area contributed by atoms with Crippen molar-refractivity contribution in [3.8, 4) is 0 Å². The van der Waals surface area contributed by atoms with Crippen molar-refractivity contribution in [1.29, 1.82) is 0 Å². The minimum absolute atomic E-state index is 0.00296. The van der Waals surface area contributed by atoms with E-state index in [9.17, 15) is 47.9 Å². The summed E-state index contributed by atoms with van der Waals surface area (Å²) < 4.78 is 0. The number of carbonyl (C=O) groups excluding carboxylic acids is 10. The van der Waals surface area contributed by atoms with E-state index in [0.717, 1.165) is 7.11 Å². The van der Waals surface area contributed by atoms with Gasteiger partial charge in [0, 0.05) is 69.0 Å². The third-order valence-corrected chi connectivity index (χ3v) is 7.55. The number of amides is 7. The lowest BCUT2D eigenvalue weighted by Crippen LogP contribution is -2.44. The molecule has 0 rings (SSSR count). The van der Waals surface area contributed by atoms with Crippen molar-refractivity contribution in [3.05, 3.63) is 0 Å². The molecule has 0 spiro atoms. The number of rotatable bonds is 21. The van der Waals surface area contributed by atoms with E-state index in [1.165, 1.54) is 50.5 Å². The molecule has 0 bridgehead atoms. The van der Waals surface area contributed by atoms with Crippen molar-refractivity contribution in [2.75, 3.05) is 157 Å². The molecule has 0 aromatic rings. The highest BCUT2D eigenvalue weighted by atomic mass is 16.2. The zero-order valence-electron chi connectivity index (χ0n) is 40.0. The van der Waals surface area contributed by atoms with E-state index < -0.39 is 0 Å². The number of carbonyl (C=O) groups is 10. The third-order valence-electron chi connectivity index (χ3n) is 7.55. The minimum atomic E-state index is -0.253. The Morgan fingerprint density at radius 2 is 0.700 bits per heavy atom. The molecule has 0 heterocycles. The van der Waals surface area contributed by atoms with Gasteiger partial charge >= 0.3 is 0 Å². The van der Waals surface area contributed by atoms with Crippen molar-refractivity contribution < 1.29 is 53.1 Å². The van der Waals surface area contributed by atoms with E-state index in [4.69, 9.17) is 5.11 Å². The molecule has 0 radical (unpaired) electrons. The van der Waals surface area contributed by atoms with Crippen LogP contribution in [0.2, 0.25) is 0 Å². The highest BCUT2D eigenvalue weighted by Gasteiger charge is 2.18. The van der Waals surface area contributed by atoms with Crippen LogP contribution in [0, 0.1) is 0 Å². The van der Waals surface area contributed by atoms with E-state index >= 15 is 0 Å². The summed E-state index contributed by atoms with van der Waals surface area (Å²) in [5.41, 5.74) is 0. The summed E-state index contributed by atoms with van der Waals surface area (Å²) in [6, 6.07) is 0.321. The second kappa shape index (κ2) is 42.3. The number of hydrogen-bond donors (Lipinski definition) is 1. The first-order valence-electron chi connectivity index (χ1n) is 19.2. The molecule has 0 aromatic heterocycles. The Labute approximate surface area is 360 Å². The van der Waals surface area contributed by atoms with Gasteiger partial charge in [-0.2, -0.15) is 0 Å². The molecule has 0 fully saturated rings. The minimum Gasteiger partial charge on any atom is -0.400 e. The van der Waals surface area contributed by atoms with E-state index in [2.05, 4.69) is 0 Å². The molecule has 0 saturated carbocycles. The molecule has 21 heteroatoms. The molecule has 1 N–H and O–H groups in total. The molecular weight excluding hydrogens is 784 g/mol. The predicted octanol–water partition coefficient (Wildman–Crippen LogP) is -2.50. The Morgan fingerprint density at radius 3 is 0.967 bits per heavy atom. The van der Waals surface area contributed by atoms with Crippen molar-refractivity contribution >= 4 is 60.7 Å². The van der Waals surface area contributed by atoms with E-state index in [-0.39, 0.29) is 81.3 Å². The Kier molecular flexibility index (Phi) is 47.2. The van der Waals surface area contributed by atoms with Crippen LogP contribution >= 0.6 is 0 Å². The van der Waals surface area contributed by atoms with Gasteiger partial charge in [0.05, 0.1) is 58.9 Å². The summed E-state index contributed by atoms with van der Waals surface area (Å²) in [4.78, 5) is 124. The Bertz CT molecular complexity index is 1220. The standard InChI is InChI=1S/C12H25N3O2.C10H19N3O3.C7H12N2O3.C7H14N2O2.C2H6.CH4O/c1-7-13(4)11(16)9-15(6)12(17)8-14(5)10(2)3;1-11(2)7-9(15)13(4)8-10(16)12(3)5-6-14;1-8(6-11)5-7(12)9(2)3-4-10;1-8(2)6-7(11)9(3)4-5-10;2*1-2/h10H,7-9H2,1-6H3;6H,5,7-8H2,1-4H3;4,6H,3,5H2,1-2H3;5H,4,6H2,1-3H3;1-2H3;2H,1H3. The quantitative estimate of drug-likeness (QED) is 0.118. The van der Waals surface area contributed by atoms with Gasteiger partial charge in [0.15, 0.2) is 0 Å². The number of likely N-dealkylation sites (N-methyl/N-ethyl adjacent to an activating group) is 10. The maximum absolute atomic E-state index is 11.8. The summed E-state index contributed by atoms with van der Waals surface area (Å²) in [6.45, 7) is 12.0. The first-order chi connectivity index (χ1) is 27.9. The van der Waals surface area contributed by atoms with Gasteiger partial charge in [-0.25, -0.2) is 0 Å². The summed E-state index contributed by atoms with van der Waals surface area (Å²) in [5.74, 6) is -0.729. The molecule has 7 amide bonds. The number of aliphatic hydroxyl groups excluding tert-OH is 1. The number of hydrogen-bond acceptors (Lipinski definition) is 14. The van der Waals surface area contributed by atoms with Crippen molar-refractivity contribution in [2.24, 2.45) is 0 Å². The van der Waals surface area contributed by atoms with Crippen LogP contribution in [0.5, 0.6) is 0 Å². The fraction of sp³-hybridized carbons (Fsp3) is 0.744. The highest BCUT2D eigenvalue weighted by Crippen LogP contribution is 1.97. The monoisotopic (exact) mass is 865 g/mol. The lowest BCUT2D eigenvalue weighted by atomic mass is 10.3. The molecule has 60 heavy (non-hydrogen) atoms. The van der Waals surface area contributed by atoms with Gasteiger partial charge in [-0.15, -0.1) is 0 Å². The average molecular weight is 865 g/mol. The molecule has 0 unspecified atom stereocenters. The van der Waals surface area contributed by atoms with Gasteiger partial charge in [-0.05, 0) is 56.0 Å². The predicted molar refractivity (Wildman–Crippen MR) is 233 cm³/mol. The fourth-order valence-electron chi connectivity index (χ4n) is 3.31. The van der Waals surface area contributed by atoms with Crippen LogP contribution in [0.1, 0.15) is 34.6 Å². The maximum atomic E-state index is 11.8. The highest BCUT2D eigenvalue weighted by molar-refractivity contribution is 5.86. The first kappa shape index (κ1) is 66.9.